The van der Waals surface area contributed by atoms with Crippen LogP contribution in [0.4, 0.5) is 0 Å². The monoisotopic (exact) mass is 418 g/mol. The van der Waals surface area contributed by atoms with Crippen molar-refractivity contribution in [1.82, 2.24) is 30.4 Å². The number of rotatable bonds is 7. The van der Waals surface area contributed by atoms with Gasteiger partial charge in [-0.3, -0.25) is 14.5 Å². The van der Waals surface area contributed by atoms with Crippen molar-refractivity contribution in [2.24, 2.45) is 11.3 Å². The molecule has 0 aliphatic carbocycles. The SMILES string of the molecule is CC(O)C1C(=O)N2C(C(=O)[O-])=C(C(C)(C)CNC(=O)Cn3cnnn3)OC12.[K+]. The number of carbonyl (C=O) groups excluding carboxylic acids is 3. The maximum atomic E-state index is 12.2. The third kappa shape index (κ3) is 4.14. The number of tetrazole rings is 1. The van der Waals surface area contributed by atoms with Crippen molar-refractivity contribution in [3.05, 3.63) is 17.8 Å². The minimum atomic E-state index is -1.56. The van der Waals surface area contributed by atoms with Gasteiger partial charge in [-0.2, -0.15) is 0 Å². The molecule has 28 heavy (non-hydrogen) atoms. The molecule has 2 aliphatic rings. The molecule has 1 aromatic heterocycles. The van der Waals surface area contributed by atoms with Crippen molar-refractivity contribution in [3.63, 3.8) is 0 Å². The average molecular weight is 418 g/mol. The molecule has 1 fully saturated rings. The Kier molecular flexibility index (Phi) is 6.99. The Morgan fingerprint density at radius 1 is 1.46 bits per heavy atom. The number of carbonyl (C=O) groups is 3. The summed E-state index contributed by atoms with van der Waals surface area (Å²) in [6, 6.07) is 0. The topological polar surface area (TPSA) is 163 Å². The smallest absolute Gasteiger partial charge is 0.543 e. The van der Waals surface area contributed by atoms with E-state index in [1.807, 2.05) is 0 Å². The van der Waals surface area contributed by atoms with Gasteiger partial charge in [0.05, 0.1) is 12.1 Å². The number of hydrogen-bond acceptors (Lipinski definition) is 9. The van der Waals surface area contributed by atoms with E-state index in [9.17, 15) is 24.6 Å². The summed E-state index contributed by atoms with van der Waals surface area (Å²) < 4.78 is 6.93. The second-order valence-corrected chi connectivity index (χ2v) is 7.12. The minimum absolute atomic E-state index is 0. The largest absolute Gasteiger partial charge is 1.00 e. The molecular weight excluding hydrogens is 399 g/mol. The summed E-state index contributed by atoms with van der Waals surface area (Å²) in [7, 11) is 0. The maximum Gasteiger partial charge on any atom is 1.00 e. The van der Waals surface area contributed by atoms with Crippen LogP contribution in [0.15, 0.2) is 17.8 Å². The predicted molar refractivity (Wildman–Crippen MR) is 83.5 cm³/mol. The number of nitrogens with zero attached hydrogens (tertiary/aromatic N) is 5. The van der Waals surface area contributed by atoms with Crippen molar-refractivity contribution in [1.29, 1.82) is 0 Å². The summed E-state index contributed by atoms with van der Waals surface area (Å²) in [4.78, 5) is 36.8. The molecule has 3 heterocycles. The van der Waals surface area contributed by atoms with Gasteiger partial charge in [-0.05, 0) is 17.4 Å². The first-order valence-corrected chi connectivity index (χ1v) is 8.25. The third-order valence-corrected chi connectivity index (χ3v) is 4.53. The molecule has 2 aliphatic heterocycles. The Bertz CT molecular complexity index is 808. The van der Waals surface area contributed by atoms with Gasteiger partial charge in [0.2, 0.25) is 11.8 Å². The predicted octanol–water partition coefficient (Wildman–Crippen LogP) is -6.02. The number of aromatic nitrogens is 4. The molecule has 146 valence electrons. The number of amides is 2. The number of fused-ring (bicyclic) bond motifs is 1. The Hall–Kier alpha value is -1.38. The Labute approximate surface area is 202 Å². The van der Waals surface area contributed by atoms with Crippen LogP contribution in [-0.4, -0.2) is 66.9 Å². The van der Waals surface area contributed by atoms with E-state index in [1.54, 1.807) is 13.8 Å². The number of hydrogen-bond donors (Lipinski definition) is 2. The van der Waals surface area contributed by atoms with Crippen LogP contribution < -0.4 is 61.8 Å². The first-order chi connectivity index (χ1) is 12.6. The number of carboxylic acids is 1. The Morgan fingerprint density at radius 3 is 2.68 bits per heavy atom. The summed E-state index contributed by atoms with van der Waals surface area (Å²) in [6.07, 6.45) is -0.592. The van der Waals surface area contributed by atoms with Gasteiger partial charge in [0.15, 0.2) is 6.23 Å². The minimum Gasteiger partial charge on any atom is -0.543 e. The molecule has 0 spiro atoms. The first kappa shape index (κ1) is 22.9. The fraction of sp³-hybridized carbons (Fsp3) is 0.600. The van der Waals surface area contributed by atoms with Gasteiger partial charge in [-0.15, -0.1) is 5.10 Å². The zero-order chi connectivity index (χ0) is 19.9. The standard InChI is InChI=1S/C15H20N6O6.K/c1-7(22)9-12(24)21-10(14(25)26)11(27-13(9)21)15(2,3)5-16-8(23)4-20-6-17-18-19-20;/h6-7,9,13,22H,4-5H2,1-3H3,(H,16,23)(H,25,26);/q;+1/p-1. The molecule has 1 saturated heterocycles. The van der Waals surface area contributed by atoms with Gasteiger partial charge in [0, 0.05) is 12.0 Å². The van der Waals surface area contributed by atoms with Gasteiger partial charge in [-0.25, -0.2) is 4.68 Å². The number of nitrogens with one attached hydrogen (secondary N) is 1. The number of aliphatic hydroxyl groups excluding tert-OH is 1. The summed E-state index contributed by atoms with van der Waals surface area (Å²) in [5.41, 5.74) is -1.33. The number of aliphatic hydroxyl groups is 1. The quantitative estimate of drug-likeness (QED) is 0.324. The van der Waals surface area contributed by atoms with Crippen LogP contribution in [0.25, 0.3) is 0 Å². The number of β-lactam (4-membered cyclic amide) rings is 1. The number of aliphatic carboxylic acids is 1. The first-order valence-electron chi connectivity index (χ1n) is 8.25. The molecule has 2 N–H and O–H groups in total. The van der Waals surface area contributed by atoms with E-state index in [4.69, 9.17) is 4.74 Å². The molecule has 3 unspecified atom stereocenters. The average Bonchev–Trinajstić information content (AvgIpc) is 3.18. The van der Waals surface area contributed by atoms with Gasteiger partial charge in [0.1, 0.15) is 30.2 Å². The summed E-state index contributed by atoms with van der Waals surface area (Å²) in [6.45, 7) is 4.69. The third-order valence-electron chi connectivity index (χ3n) is 4.53. The molecule has 12 nitrogen and oxygen atoms in total. The van der Waals surface area contributed by atoms with Crippen molar-refractivity contribution >= 4 is 17.8 Å². The van der Waals surface area contributed by atoms with Gasteiger partial charge in [0.25, 0.3) is 0 Å². The molecule has 0 aromatic carbocycles. The number of carboxylic acid groups (broad SMARTS) is 1. The molecule has 3 rings (SSSR count). The van der Waals surface area contributed by atoms with E-state index in [1.165, 1.54) is 17.9 Å². The molecule has 0 saturated carbocycles. The molecule has 0 radical (unpaired) electrons. The van der Waals surface area contributed by atoms with Crippen molar-refractivity contribution < 1.29 is 80.7 Å². The van der Waals surface area contributed by atoms with Crippen LogP contribution in [0.5, 0.6) is 0 Å². The van der Waals surface area contributed by atoms with Crippen molar-refractivity contribution in [2.45, 2.75) is 39.6 Å². The molecule has 0 bridgehead atoms. The molecule has 3 atom stereocenters. The Morgan fingerprint density at radius 2 is 2.14 bits per heavy atom. The van der Waals surface area contributed by atoms with E-state index < -0.39 is 35.5 Å². The fourth-order valence-corrected chi connectivity index (χ4v) is 3.11. The van der Waals surface area contributed by atoms with Crippen LogP contribution in [0, 0.1) is 11.3 Å². The van der Waals surface area contributed by atoms with Crippen LogP contribution >= 0.6 is 0 Å². The summed E-state index contributed by atoms with van der Waals surface area (Å²) >= 11 is 0. The van der Waals surface area contributed by atoms with Gasteiger partial charge < -0.3 is 25.1 Å². The summed E-state index contributed by atoms with van der Waals surface area (Å²) in [5.74, 6) is -3.31. The van der Waals surface area contributed by atoms with Crippen molar-refractivity contribution in [3.8, 4) is 0 Å². The zero-order valence-corrected chi connectivity index (χ0v) is 19.1. The van der Waals surface area contributed by atoms with Crippen LogP contribution in [0.3, 0.4) is 0 Å². The second-order valence-electron chi connectivity index (χ2n) is 7.12. The van der Waals surface area contributed by atoms with Crippen LogP contribution in [0.2, 0.25) is 0 Å². The second kappa shape index (κ2) is 8.55. The van der Waals surface area contributed by atoms with E-state index in [0.717, 1.165) is 4.90 Å². The molecule has 2 amide bonds. The molecular formula is C15H19KN6O6. The van der Waals surface area contributed by atoms with Crippen molar-refractivity contribution in [2.75, 3.05) is 6.54 Å². The van der Waals surface area contributed by atoms with E-state index in [0.29, 0.717) is 0 Å². The molecule has 13 heteroatoms. The van der Waals surface area contributed by atoms with E-state index >= 15 is 0 Å². The van der Waals surface area contributed by atoms with Crippen LogP contribution in [-0.2, 0) is 25.7 Å². The normalized spacial score (nSPS) is 22.0. The van der Waals surface area contributed by atoms with Crippen LogP contribution in [0.1, 0.15) is 20.8 Å². The van der Waals surface area contributed by atoms with E-state index in [2.05, 4.69) is 20.8 Å². The molecule has 1 aromatic rings. The summed E-state index contributed by atoms with van der Waals surface area (Å²) in [5, 5.41) is 34.4. The maximum absolute atomic E-state index is 12.2. The fourth-order valence-electron chi connectivity index (χ4n) is 3.11. The van der Waals surface area contributed by atoms with Gasteiger partial charge >= 0.3 is 51.4 Å². The van der Waals surface area contributed by atoms with Gasteiger partial charge in [-0.1, -0.05) is 13.8 Å². The van der Waals surface area contributed by atoms with E-state index in [-0.39, 0.29) is 81.8 Å². The number of ether oxygens (including phenoxy) is 1. The Balaban J connectivity index is 0.00000280. The zero-order valence-electron chi connectivity index (χ0n) is 15.9.